The van der Waals surface area contributed by atoms with Gasteiger partial charge in [0.1, 0.15) is 11.4 Å². The van der Waals surface area contributed by atoms with Gasteiger partial charge in [-0.25, -0.2) is 0 Å². The van der Waals surface area contributed by atoms with Crippen LogP contribution in [0.3, 0.4) is 0 Å². The normalized spacial score (nSPS) is 14.9. The maximum atomic E-state index is 12.3. The summed E-state index contributed by atoms with van der Waals surface area (Å²) in [5, 5.41) is 7.68. The average molecular weight is 346 g/mol. The smallest absolute Gasteiger partial charge is 0.269 e. The molecule has 0 spiro atoms. The Morgan fingerprint density at radius 1 is 1.19 bits per heavy atom. The van der Waals surface area contributed by atoms with Gasteiger partial charge < -0.3 is 10.1 Å². The molecule has 0 bridgehead atoms. The first kappa shape index (κ1) is 15.1. The van der Waals surface area contributed by atoms with Crippen molar-refractivity contribution in [3.8, 4) is 28.3 Å². The largest absolute Gasteiger partial charge is 0.497 e. The van der Waals surface area contributed by atoms with E-state index in [-0.39, 0.29) is 5.91 Å². The zero-order valence-electron chi connectivity index (χ0n) is 14.5. The summed E-state index contributed by atoms with van der Waals surface area (Å²) in [6.07, 6.45) is 3.65. The Balaban J connectivity index is 1.63. The van der Waals surface area contributed by atoms with E-state index in [0.29, 0.717) is 6.54 Å². The molecule has 1 aliphatic carbocycles. The van der Waals surface area contributed by atoms with Crippen molar-refractivity contribution in [1.29, 1.82) is 0 Å². The Kier molecular flexibility index (Phi) is 3.31. The van der Waals surface area contributed by atoms with E-state index in [9.17, 15) is 4.79 Å². The SMILES string of the molecule is COc1ccc(-c2cc3c(cn2)CCc2c-3nn3c2C(=O)NCC3)cc1. The van der Waals surface area contributed by atoms with Crippen LogP contribution in [-0.4, -0.2) is 34.3 Å². The van der Waals surface area contributed by atoms with E-state index in [4.69, 9.17) is 9.84 Å². The van der Waals surface area contributed by atoms with Gasteiger partial charge in [-0.3, -0.25) is 14.5 Å². The van der Waals surface area contributed by atoms with Gasteiger partial charge in [0.05, 0.1) is 25.0 Å². The molecule has 5 rings (SSSR count). The number of nitrogens with one attached hydrogen (secondary N) is 1. The number of fused-ring (bicyclic) bond motifs is 5. The monoisotopic (exact) mass is 346 g/mol. The summed E-state index contributed by atoms with van der Waals surface area (Å²) in [7, 11) is 1.66. The number of carbonyl (C=O) groups is 1. The van der Waals surface area contributed by atoms with Gasteiger partial charge in [0, 0.05) is 29.4 Å². The predicted octanol–water partition coefficient (Wildman–Crippen LogP) is 2.46. The van der Waals surface area contributed by atoms with Gasteiger partial charge in [0.25, 0.3) is 5.91 Å². The number of carbonyl (C=O) groups excluding carboxylic acids is 1. The molecule has 1 aliphatic heterocycles. The lowest BCUT2D eigenvalue weighted by Crippen LogP contribution is -2.36. The van der Waals surface area contributed by atoms with Crippen LogP contribution in [0.4, 0.5) is 0 Å². The molecule has 0 fully saturated rings. The van der Waals surface area contributed by atoms with Crippen LogP contribution in [-0.2, 0) is 19.4 Å². The molecular weight excluding hydrogens is 328 g/mol. The van der Waals surface area contributed by atoms with E-state index < -0.39 is 0 Å². The molecule has 0 unspecified atom stereocenters. The molecule has 3 heterocycles. The highest BCUT2D eigenvalue weighted by Crippen LogP contribution is 2.36. The number of benzene rings is 1. The number of methoxy groups -OCH3 is 1. The highest BCUT2D eigenvalue weighted by atomic mass is 16.5. The predicted molar refractivity (Wildman–Crippen MR) is 97.2 cm³/mol. The first-order valence-electron chi connectivity index (χ1n) is 8.76. The number of rotatable bonds is 2. The lowest BCUT2D eigenvalue weighted by Gasteiger charge is -2.18. The minimum Gasteiger partial charge on any atom is -0.497 e. The van der Waals surface area contributed by atoms with E-state index >= 15 is 0 Å². The van der Waals surface area contributed by atoms with Gasteiger partial charge in [-0.1, -0.05) is 0 Å². The molecule has 6 heteroatoms. The summed E-state index contributed by atoms with van der Waals surface area (Å²) in [6, 6.07) is 9.96. The molecule has 1 aromatic carbocycles. The third-order valence-corrected chi connectivity index (χ3v) is 5.15. The van der Waals surface area contributed by atoms with Crippen molar-refractivity contribution in [2.45, 2.75) is 19.4 Å². The standard InChI is InChI=1S/C20H18N4O2/c1-26-14-5-2-12(3-6-14)17-10-16-13(11-22-17)4-7-15-18(16)23-24-9-8-21-20(25)19(15)24/h2-3,5-6,10-11H,4,7-9H2,1H3,(H,21,25). The van der Waals surface area contributed by atoms with Gasteiger partial charge in [-0.05, 0) is 48.7 Å². The molecule has 0 saturated carbocycles. The molecular formula is C20H18N4O2. The van der Waals surface area contributed by atoms with Crippen LogP contribution in [0, 0.1) is 0 Å². The minimum atomic E-state index is -0.0158. The molecule has 0 radical (unpaired) electrons. The number of hydrogen-bond donors (Lipinski definition) is 1. The molecule has 3 aromatic rings. The Hall–Kier alpha value is -3.15. The van der Waals surface area contributed by atoms with E-state index in [0.717, 1.165) is 58.9 Å². The fourth-order valence-corrected chi connectivity index (χ4v) is 3.81. The quantitative estimate of drug-likeness (QED) is 0.774. The summed E-state index contributed by atoms with van der Waals surface area (Å²) >= 11 is 0. The number of pyridine rings is 1. The van der Waals surface area contributed by atoms with Crippen molar-refractivity contribution >= 4 is 5.91 Å². The van der Waals surface area contributed by atoms with Crippen molar-refractivity contribution in [2.75, 3.05) is 13.7 Å². The summed E-state index contributed by atoms with van der Waals surface area (Å²) in [5.74, 6) is 0.805. The first-order valence-corrected chi connectivity index (χ1v) is 8.76. The Morgan fingerprint density at radius 3 is 2.85 bits per heavy atom. The highest BCUT2D eigenvalue weighted by molar-refractivity contribution is 5.97. The summed E-state index contributed by atoms with van der Waals surface area (Å²) in [4.78, 5) is 16.9. The van der Waals surface area contributed by atoms with E-state index in [2.05, 4.69) is 16.4 Å². The molecule has 0 saturated heterocycles. The Morgan fingerprint density at radius 2 is 2.04 bits per heavy atom. The lowest BCUT2D eigenvalue weighted by atomic mass is 9.89. The molecule has 1 N–H and O–H groups in total. The number of aryl methyl sites for hydroxylation is 1. The van der Waals surface area contributed by atoms with E-state index in [1.54, 1.807) is 7.11 Å². The zero-order chi connectivity index (χ0) is 17.7. The maximum Gasteiger partial charge on any atom is 0.269 e. The Bertz CT molecular complexity index is 1020. The second-order valence-electron chi connectivity index (χ2n) is 6.61. The van der Waals surface area contributed by atoms with Gasteiger partial charge >= 0.3 is 0 Å². The number of aromatic nitrogens is 3. The molecule has 0 atom stereocenters. The zero-order valence-corrected chi connectivity index (χ0v) is 14.5. The van der Waals surface area contributed by atoms with Crippen molar-refractivity contribution in [3.05, 3.63) is 53.3 Å². The van der Waals surface area contributed by atoms with Crippen LogP contribution in [0.25, 0.3) is 22.5 Å². The summed E-state index contributed by atoms with van der Waals surface area (Å²) in [5.41, 5.74) is 6.90. The fourth-order valence-electron chi connectivity index (χ4n) is 3.81. The summed E-state index contributed by atoms with van der Waals surface area (Å²) in [6.45, 7) is 1.35. The van der Waals surface area contributed by atoms with Gasteiger partial charge in [-0.15, -0.1) is 0 Å². The van der Waals surface area contributed by atoms with Crippen molar-refractivity contribution in [1.82, 2.24) is 20.1 Å². The minimum absolute atomic E-state index is 0.0158. The van der Waals surface area contributed by atoms with Crippen molar-refractivity contribution < 1.29 is 9.53 Å². The van der Waals surface area contributed by atoms with E-state index in [1.165, 1.54) is 5.56 Å². The number of amides is 1. The second-order valence-corrected chi connectivity index (χ2v) is 6.61. The second kappa shape index (κ2) is 5.69. The number of hydrogen-bond acceptors (Lipinski definition) is 4. The van der Waals surface area contributed by atoms with Gasteiger partial charge in [0.15, 0.2) is 0 Å². The van der Waals surface area contributed by atoms with Gasteiger partial charge in [-0.2, -0.15) is 5.10 Å². The third-order valence-electron chi connectivity index (χ3n) is 5.15. The van der Waals surface area contributed by atoms with Crippen LogP contribution < -0.4 is 10.1 Å². The summed E-state index contributed by atoms with van der Waals surface area (Å²) < 4.78 is 7.08. The Labute approximate surface area is 150 Å². The third kappa shape index (κ3) is 2.22. The average Bonchev–Trinajstić information content (AvgIpc) is 3.08. The highest BCUT2D eigenvalue weighted by Gasteiger charge is 2.30. The van der Waals surface area contributed by atoms with Crippen molar-refractivity contribution in [3.63, 3.8) is 0 Å². The number of ether oxygens (including phenoxy) is 1. The van der Waals surface area contributed by atoms with Crippen LogP contribution in [0.5, 0.6) is 5.75 Å². The molecule has 2 aliphatic rings. The first-order chi connectivity index (χ1) is 12.7. The molecule has 2 aromatic heterocycles. The van der Waals surface area contributed by atoms with Crippen LogP contribution >= 0.6 is 0 Å². The molecule has 1 amide bonds. The van der Waals surface area contributed by atoms with Crippen LogP contribution in [0.2, 0.25) is 0 Å². The molecule has 26 heavy (non-hydrogen) atoms. The van der Waals surface area contributed by atoms with Crippen LogP contribution in [0.1, 0.15) is 21.6 Å². The number of nitrogens with zero attached hydrogens (tertiary/aromatic N) is 3. The molecule has 130 valence electrons. The van der Waals surface area contributed by atoms with Crippen LogP contribution in [0.15, 0.2) is 36.5 Å². The van der Waals surface area contributed by atoms with Crippen molar-refractivity contribution in [2.24, 2.45) is 0 Å². The lowest BCUT2D eigenvalue weighted by molar-refractivity contribution is 0.0923. The maximum absolute atomic E-state index is 12.3. The van der Waals surface area contributed by atoms with E-state index in [1.807, 2.05) is 35.1 Å². The molecule has 6 nitrogen and oxygen atoms in total. The van der Waals surface area contributed by atoms with Gasteiger partial charge in [0.2, 0.25) is 0 Å². The topological polar surface area (TPSA) is 69.0 Å². The fraction of sp³-hybridized carbons (Fsp3) is 0.250.